The minimum atomic E-state index is 0.636. The smallest absolute Gasteiger partial charge is 0.218 e. The van der Waals surface area contributed by atoms with Crippen molar-refractivity contribution in [3.8, 4) is 5.88 Å². The zero-order valence-electron chi connectivity index (χ0n) is 10.6. The zero-order valence-corrected chi connectivity index (χ0v) is 10.6. The molecule has 0 saturated heterocycles. The molecule has 2 unspecified atom stereocenters. The van der Waals surface area contributed by atoms with Crippen LogP contribution in [0.1, 0.15) is 33.1 Å². The topological polar surface area (TPSA) is 47.0 Å². The van der Waals surface area contributed by atoms with Crippen molar-refractivity contribution in [3.63, 3.8) is 0 Å². The summed E-state index contributed by atoms with van der Waals surface area (Å²) < 4.78 is 5.34. The van der Waals surface area contributed by atoms with Gasteiger partial charge in [0.05, 0.1) is 6.61 Å². The first-order valence-corrected chi connectivity index (χ1v) is 6.46. The van der Waals surface area contributed by atoms with Crippen molar-refractivity contribution in [1.82, 2.24) is 9.97 Å². The van der Waals surface area contributed by atoms with E-state index in [1.807, 2.05) is 13.0 Å². The summed E-state index contributed by atoms with van der Waals surface area (Å²) in [6.07, 6.45) is 5.57. The third-order valence-corrected chi connectivity index (χ3v) is 3.31. The van der Waals surface area contributed by atoms with Gasteiger partial charge in [0.15, 0.2) is 0 Å². The van der Waals surface area contributed by atoms with Crippen LogP contribution in [0.4, 0.5) is 5.82 Å². The molecule has 0 aromatic carbocycles. The Morgan fingerprint density at radius 3 is 3.00 bits per heavy atom. The molecule has 1 aliphatic rings. The van der Waals surface area contributed by atoms with E-state index in [2.05, 4.69) is 22.2 Å². The maximum atomic E-state index is 5.34. The number of anilines is 1. The lowest BCUT2D eigenvalue weighted by Gasteiger charge is -2.12. The van der Waals surface area contributed by atoms with Gasteiger partial charge in [-0.15, -0.1) is 0 Å². The Kier molecular flexibility index (Phi) is 4.18. The van der Waals surface area contributed by atoms with E-state index >= 15 is 0 Å². The van der Waals surface area contributed by atoms with Gasteiger partial charge in [-0.2, -0.15) is 0 Å². The summed E-state index contributed by atoms with van der Waals surface area (Å²) in [4.78, 5) is 8.25. The van der Waals surface area contributed by atoms with Gasteiger partial charge in [-0.1, -0.05) is 13.3 Å². The molecule has 1 aliphatic carbocycles. The Morgan fingerprint density at radius 1 is 1.41 bits per heavy atom. The molecule has 4 nitrogen and oxygen atoms in total. The monoisotopic (exact) mass is 235 g/mol. The molecule has 1 aromatic heterocycles. The van der Waals surface area contributed by atoms with Gasteiger partial charge in [0.1, 0.15) is 12.1 Å². The molecule has 0 amide bonds. The van der Waals surface area contributed by atoms with E-state index in [0.29, 0.717) is 12.5 Å². The van der Waals surface area contributed by atoms with Crippen LogP contribution in [-0.4, -0.2) is 23.1 Å². The van der Waals surface area contributed by atoms with Gasteiger partial charge in [0.25, 0.3) is 0 Å². The van der Waals surface area contributed by atoms with Crippen LogP contribution >= 0.6 is 0 Å². The SMILES string of the molecule is CCOc1cc(NCC2CCC(C)C2)ncn1. The van der Waals surface area contributed by atoms with Gasteiger partial charge >= 0.3 is 0 Å². The first-order chi connectivity index (χ1) is 8.28. The fraction of sp³-hybridized carbons (Fsp3) is 0.692. The molecule has 2 atom stereocenters. The number of hydrogen-bond donors (Lipinski definition) is 1. The molecule has 0 radical (unpaired) electrons. The number of aromatic nitrogens is 2. The molecule has 1 saturated carbocycles. The van der Waals surface area contributed by atoms with E-state index in [0.717, 1.165) is 24.2 Å². The molecule has 1 N–H and O–H groups in total. The Labute approximate surface area is 103 Å². The Balaban J connectivity index is 1.83. The summed E-state index contributed by atoms with van der Waals surface area (Å²) in [7, 11) is 0. The highest BCUT2D eigenvalue weighted by atomic mass is 16.5. The second kappa shape index (κ2) is 5.84. The van der Waals surface area contributed by atoms with Crippen LogP contribution in [0.15, 0.2) is 12.4 Å². The van der Waals surface area contributed by atoms with Crippen molar-refractivity contribution in [2.75, 3.05) is 18.5 Å². The second-order valence-corrected chi connectivity index (χ2v) is 4.84. The minimum absolute atomic E-state index is 0.636. The largest absolute Gasteiger partial charge is 0.478 e. The van der Waals surface area contributed by atoms with Crippen LogP contribution in [0.5, 0.6) is 5.88 Å². The number of rotatable bonds is 5. The molecule has 0 spiro atoms. The standard InChI is InChI=1S/C13H21N3O/c1-3-17-13-7-12(15-9-16-13)14-8-11-5-4-10(2)6-11/h7,9-11H,3-6,8H2,1-2H3,(H,14,15,16). The van der Waals surface area contributed by atoms with E-state index in [1.165, 1.54) is 19.3 Å². The van der Waals surface area contributed by atoms with Crippen molar-refractivity contribution >= 4 is 5.82 Å². The number of hydrogen-bond acceptors (Lipinski definition) is 4. The summed E-state index contributed by atoms with van der Waals surface area (Å²) in [5.41, 5.74) is 0. The van der Waals surface area contributed by atoms with E-state index in [9.17, 15) is 0 Å². The van der Waals surface area contributed by atoms with Gasteiger partial charge < -0.3 is 10.1 Å². The average Bonchev–Trinajstić information content (AvgIpc) is 2.74. The molecule has 1 fully saturated rings. The van der Waals surface area contributed by atoms with Crippen LogP contribution in [-0.2, 0) is 0 Å². The molecule has 17 heavy (non-hydrogen) atoms. The number of nitrogens with one attached hydrogen (secondary N) is 1. The highest BCUT2D eigenvalue weighted by Gasteiger charge is 2.20. The van der Waals surface area contributed by atoms with Crippen LogP contribution in [0.25, 0.3) is 0 Å². The third-order valence-electron chi connectivity index (χ3n) is 3.31. The first kappa shape index (κ1) is 12.1. The summed E-state index contributed by atoms with van der Waals surface area (Å²) in [5.74, 6) is 3.18. The molecule has 1 heterocycles. The molecular formula is C13H21N3O. The van der Waals surface area contributed by atoms with E-state index < -0.39 is 0 Å². The van der Waals surface area contributed by atoms with Crippen molar-refractivity contribution in [1.29, 1.82) is 0 Å². The zero-order chi connectivity index (χ0) is 12.1. The van der Waals surface area contributed by atoms with E-state index in [1.54, 1.807) is 6.33 Å². The Bertz CT molecular complexity index is 356. The maximum absolute atomic E-state index is 5.34. The summed E-state index contributed by atoms with van der Waals surface area (Å²) in [5, 5.41) is 3.37. The van der Waals surface area contributed by atoms with Gasteiger partial charge in [-0.25, -0.2) is 9.97 Å². The van der Waals surface area contributed by atoms with E-state index in [4.69, 9.17) is 4.74 Å². The number of ether oxygens (including phenoxy) is 1. The summed E-state index contributed by atoms with van der Waals surface area (Å²) in [6, 6.07) is 1.86. The molecule has 1 aromatic rings. The lowest BCUT2D eigenvalue weighted by Crippen LogP contribution is -2.12. The predicted octanol–water partition coefficient (Wildman–Crippen LogP) is 2.72. The Hall–Kier alpha value is -1.32. The highest BCUT2D eigenvalue weighted by molar-refractivity contribution is 5.37. The second-order valence-electron chi connectivity index (χ2n) is 4.84. The fourth-order valence-corrected chi connectivity index (χ4v) is 2.42. The van der Waals surface area contributed by atoms with Crippen molar-refractivity contribution < 1.29 is 4.74 Å². The van der Waals surface area contributed by atoms with Crippen LogP contribution < -0.4 is 10.1 Å². The molecule has 94 valence electrons. The molecule has 0 bridgehead atoms. The number of nitrogens with zero attached hydrogens (tertiary/aromatic N) is 2. The van der Waals surface area contributed by atoms with Gasteiger partial charge in [-0.05, 0) is 31.6 Å². The van der Waals surface area contributed by atoms with Gasteiger partial charge in [0.2, 0.25) is 5.88 Å². The van der Waals surface area contributed by atoms with Crippen molar-refractivity contribution in [2.45, 2.75) is 33.1 Å². The molecule has 2 rings (SSSR count). The highest BCUT2D eigenvalue weighted by Crippen LogP contribution is 2.30. The summed E-state index contributed by atoms with van der Waals surface area (Å²) in [6.45, 7) is 5.93. The van der Waals surface area contributed by atoms with Crippen LogP contribution in [0.2, 0.25) is 0 Å². The lowest BCUT2D eigenvalue weighted by molar-refractivity contribution is 0.326. The van der Waals surface area contributed by atoms with Crippen molar-refractivity contribution in [2.24, 2.45) is 11.8 Å². The minimum Gasteiger partial charge on any atom is -0.478 e. The van der Waals surface area contributed by atoms with Crippen LogP contribution in [0, 0.1) is 11.8 Å². The van der Waals surface area contributed by atoms with Gasteiger partial charge in [0, 0.05) is 12.6 Å². The quantitative estimate of drug-likeness (QED) is 0.852. The van der Waals surface area contributed by atoms with Crippen LogP contribution in [0.3, 0.4) is 0 Å². The van der Waals surface area contributed by atoms with E-state index in [-0.39, 0.29) is 0 Å². The summed E-state index contributed by atoms with van der Waals surface area (Å²) >= 11 is 0. The first-order valence-electron chi connectivity index (χ1n) is 6.46. The van der Waals surface area contributed by atoms with Gasteiger partial charge in [-0.3, -0.25) is 0 Å². The normalized spacial score (nSPS) is 23.6. The lowest BCUT2D eigenvalue weighted by atomic mass is 10.1. The maximum Gasteiger partial charge on any atom is 0.218 e. The molecule has 4 heteroatoms. The predicted molar refractivity (Wildman–Crippen MR) is 68.2 cm³/mol. The Morgan fingerprint density at radius 2 is 2.29 bits per heavy atom. The third kappa shape index (κ3) is 3.58. The molecule has 0 aliphatic heterocycles. The fourth-order valence-electron chi connectivity index (χ4n) is 2.42. The molecular weight excluding hydrogens is 214 g/mol. The average molecular weight is 235 g/mol. The van der Waals surface area contributed by atoms with Crippen molar-refractivity contribution in [3.05, 3.63) is 12.4 Å².